The van der Waals surface area contributed by atoms with Crippen LogP contribution in [0.15, 0.2) is 42.6 Å². The molecule has 1 aliphatic rings. The summed E-state index contributed by atoms with van der Waals surface area (Å²) < 4.78 is 5.28. The molecule has 8 nitrogen and oxygen atoms in total. The number of pyridine rings is 1. The minimum atomic E-state index is 0.496. The highest BCUT2D eigenvalue weighted by molar-refractivity contribution is 5.54. The summed E-state index contributed by atoms with van der Waals surface area (Å²) in [6.45, 7) is 13.9. The van der Waals surface area contributed by atoms with Gasteiger partial charge in [-0.3, -0.25) is 9.69 Å². The van der Waals surface area contributed by atoms with Gasteiger partial charge >= 0.3 is 0 Å². The molecule has 2 aromatic rings. The van der Waals surface area contributed by atoms with E-state index in [1.807, 2.05) is 18.3 Å². The van der Waals surface area contributed by atoms with Gasteiger partial charge in [-0.2, -0.15) is 0 Å². The fourth-order valence-corrected chi connectivity index (χ4v) is 5.20. The molecule has 8 heteroatoms. The first-order valence-electron chi connectivity index (χ1n) is 15.3. The van der Waals surface area contributed by atoms with Crippen molar-refractivity contribution in [3.8, 4) is 5.75 Å². The van der Waals surface area contributed by atoms with Crippen molar-refractivity contribution < 1.29 is 14.3 Å². The Hall–Kier alpha value is -3.13. The molecule has 1 aliphatic heterocycles. The molecule has 1 N–H and O–H groups in total. The normalized spacial score (nSPS) is 14.8. The first-order chi connectivity index (χ1) is 20.0. The lowest BCUT2D eigenvalue weighted by Crippen LogP contribution is -2.48. The van der Waals surface area contributed by atoms with E-state index in [4.69, 9.17) is 14.5 Å². The molecule has 2 atom stereocenters. The predicted octanol–water partition coefficient (Wildman–Crippen LogP) is 5.41. The second kappa shape index (κ2) is 19.9. The molecular weight excluding hydrogens is 514 g/mol. The fraction of sp³-hybridized carbons (Fsp3) is 0.606. The number of carbonyl (C=O) groups excluding carboxylic acids is 2. The van der Waals surface area contributed by atoms with Crippen molar-refractivity contribution in [1.82, 2.24) is 15.2 Å². The van der Waals surface area contributed by atoms with Gasteiger partial charge < -0.3 is 24.6 Å². The van der Waals surface area contributed by atoms with Gasteiger partial charge in [-0.05, 0) is 54.5 Å². The molecule has 0 bridgehead atoms. The first kappa shape index (κ1) is 34.1. The molecule has 2 heterocycles. The van der Waals surface area contributed by atoms with Crippen LogP contribution >= 0.6 is 0 Å². The number of benzene rings is 1. The van der Waals surface area contributed by atoms with Crippen LogP contribution < -0.4 is 19.9 Å². The van der Waals surface area contributed by atoms with Crippen molar-refractivity contribution in [2.45, 2.75) is 65.8 Å². The van der Waals surface area contributed by atoms with E-state index in [0.717, 1.165) is 68.1 Å². The molecule has 0 aliphatic carbocycles. The van der Waals surface area contributed by atoms with Gasteiger partial charge in [0, 0.05) is 59.3 Å². The average molecular weight is 568 g/mol. The number of aromatic nitrogens is 1. The minimum absolute atomic E-state index is 0.496. The van der Waals surface area contributed by atoms with E-state index in [-0.39, 0.29) is 0 Å². The number of piperazine rings is 1. The summed E-state index contributed by atoms with van der Waals surface area (Å²) in [5.41, 5.74) is 2.22. The fourth-order valence-electron chi connectivity index (χ4n) is 5.20. The molecule has 41 heavy (non-hydrogen) atoms. The molecule has 0 radical (unpaired) electrons. The maximum Gasteiger partial charge on any atom is 0.206 e. The smallest absolute Gasteiger partial charge is 0.206 e. The van der Waals surface area contributed by atoms with E-state index >= 15 is 0 Å². The molecule has 1 fully saturated rings. The SMILES string of the molecule is CCCC(CCC(C)CC)CN1CCN(c2ccc(N(CCC=O)Cc3ccc(OC)cc3)cn2)CC1.CNC=O. The highest BCUT2D eigenvalue weighted by Crippen LogP contribution is 2.24. The molecule has 1 amide bonds. The van der Waals surface area contributed by atoms with Gasteiger partial charge in [0.2, 0.25) is 6.41 Å². The van der Waals surface area contributed by atoms with E-state index in [2.05, 4.69) is 65.1 Å². The second-order valence-corrected chi connectivity index (χ2v) is 11.0. The van der Waals surface area contributed by atoms with Crippen LogP contribution in [0.1, 0.15) is 64.9 Å². The molecule has 3 rings (SSSR count). The number of anilines is 2. The third-order valence-corrected chi connectivity index (χ3v) is 7.94. The molecular formula is C33H53N5O3. The maximum atomic E-state index is 11.1. The zero-order valence-electron chi connectivity index (χ0n) is 26.1. The Morgan fingerprint density at radius 2 is 1.73 bits per heavy atom. The van der Waals surface area contributed by atoms with E-state index in [1.54, 1.807) is 14.2 Å². The minimum Gasteiger partial charge on any atom is -0.497 e. The number of carbonyl (C=O) groups is 2. The van der Waals surface area contributed by atoms with Crippen molar-refractivity contribution >= 4 is 24.2 Å². The van der Waals surface area contributed by atoms with Crippen LogP contribution in [0.5, 0.6) is 5.75 Å². The standard InChI is InChI=1S/C31H48N4O2.C2H5NO/c1-5-8-27(10-9-26(3)6-2)24-33-18-20-34(21-19-33)31-16-13-29(23-32-31)35(17-7-22-36)25-28-11-14-30(37-4)15-12-28;1-3-2-4/h11-16,22-23,26-27H,5-10,17-21,24-25H2,1-4H3;2H,1H3,(H,3,4). The van der Waals surface area contributed by atoms with Gasteiger partial charge in [0.1, 0.15) is 17.9 Å². The topological polar surface area (TPSA) is 78.0 Å². The van der Waals surface area contributed by atoms with Gasteiger partial charge in [0.15, 0.2) is 0 Å². The van der Waals surface area contributed by atoms with Crippen LogP contribution in [0.2, 0.25) is 0 Å². The van der Waals surface area contributed by atoms with E-state index in [1.165, 1.54) is 44.2 Å². The molecule has 1 aromatic heterocycles. The molecule has 1 aromatic carbocycles. The molecule has 2 unspecified atom stereocenters. The van der Waals surface area contributed by atoms with Gasteiger partial charge in [0.25, 0.3) is 0 Å². The van der Waals surface area contributed by atoms with Gasteiger partial charge in [0.05, 0.1) is 19.0 Å². The van der Waals surface area contributed by atoms with Crippen molar-refractivity contribution in [2.75, 3.05) is 63.2 Å². The summed E-state index contributed by atoms with van der Waals surface area (Å²) in [5, 5.41) is 2.25. The molecule has 1 saturated heterocycles. The third kappa shape index (κ3) is 12.5. The maximum absolute atomic E-state index is 11.1. The number of ether oxygens (including phenoxy) is 1. The Kier molecular flexibility index (Phi) is 16.5. The second-order valence-electron chi connectivity index (χ2n) is 11.0. The summed E-state index contributed by atoms with van der Waals surface area (Å²) in [4.78, 5) is 32.3. The Bertz CT molecular complexity index is 962. The lowest BCUT2D eigenvalue weighted by molar-refractivity contribution is -0.109. The van der Waals surface area contributed by atoms with Gasteiger partial charge in [-0.1, -0.05) is 52.2 Å². The third-order valence-electron chi connectivity index (χ3n) is 7.94. The number of hydrogen-bond donors (Lipinski definition) is 1. The van der Waals surface area contributed by atoms with Gasteiger partial charge in [-0.25, -0.2) is 4.98 Å². The summed E-state index contributed by atoms with van der Waals surface area (Å²) in [7, 11) is 3.24. The summed E-state index contributed by atoms with van der Waals surface area (Å²) in [6.07, 6.45) is 10.7. The van der Waals surface area contributed by atoms with Crippen LogP contribution in [-0.2, 0) is 16.1 Å². The zero-order valence-corrected chi connectivity index (χ0v) is 26.1. The lowest BCUT2D eigenvalue weighted by Gasteiger charge is -2.37. The van der Waals surface area contributed by atoms with Crippen LogP contribution in [-0.4, -0.2) is 76.0 Å². The largest absolute Gasteiger partial charge is 0.497 e. The Labute approximate surface area is 248 Å². The number of methoxy groups -OCH3 is 1. The quantitative estimate of drug-likeness (QED) is 0.256. The number of rotatable bonds is 17. The average Bonchev–Trinajstić information content (AvgIpc) is 3.02. The summed E-state index contributed by atoms with van der Waals surface area (Å²) in [5.74, 6) is 3.56. The Morgan fingerprint density at radius 1 is 1.02 bits per heavy atom. The van der Waals surface area contributed by atoms with E-state index in [0.29, 0.717) is 19.4 Å². The number of amides is 1. The number of hydrogen-bond acceptors (Lipinski definition) is 7. The van der Waals surface area contributed by atoms with Crippen LogP contribution in [0, 0.1) is 11.8 Å². The lowest BCUT2D eigenvalue weighted by atomic mass is 9.92. The van der Waals surface area contributed by atoms with Crippen LogP contribution in [0.4, 0.5) is 11.5 Å². The number of aldehydes is 1. The number of nitrogens with one attached hydrogen (secondary N) is 1. The van der Waals surface area contributed by atoms with Crippen molar-refractivity contribution in [3.05, 3.63) is 48.2 Å². The Balaban J connectivity index is 0.00000138. The molecule has 0 saturated carbocycles. The van der Waals surface area contributed by atoms with Crippen molar-refractivity contribution in [2.24, 2.45) is 11.8 Å². The predicted molar refractivity (Wildman–Crippen MR) is 170 cm³/mol. The first-order valence-corrected chi connectivity index (χ1v) is 15.3. The number of nitrogens with zero attached hydrogens (tertiary/aromatic N) is 4. The van der Waals surface area contributed by atoms with E-state index in [9.17, 15) is 4.79 Å². The van der Waals surface area contributed by atoms with Crippen molar-refractivity contribution in [1.29, 1.82) is 0 Å². The monoisotopic (exact) mass is 567 g/mol. The molecule has 228 valence electrons. The van der Waals surface area contributed by atoms with Crippen LogP contribution in [0.3, 0.4) is 0 Å². The summed E-state index contributed by atoms with van der Waals surface area (Å²) >= 11 is 0. The van der Waals surface area contributed by atoms with E-state index < -0.39 is 0 Å². The van der Waals surface area contributed by atoms with Crippen LogP contribution in [0.25, 0.3) is 0 Å². The van der Waals surface area contributed by atoms with Gasteiger partial charge in [-0.15, -0.1) is 0 Å². The molecule has 0 spiro atoms. The summed E-state index contributed by atoms with van der Waals surface area (Å²) in [6, 6.07) is 12.4. The Morgan fingerprint density at radius 3 is 2.27 bits per heavy atom. The zero-order chi connectivity index (χ0) is 29.9. The van der Waals surface area contributed by atoms with Crippen molar-refractivity contribution in [3.63, 3.8) is 0 Å². The highest BCUT2D eigenvalue weighted by Gasteiger charge is 2.21. The highest BCUT2D eigenvalue weighted by atomic mass is 16.5.